The van der Waals surface area contributed by atoms with Gasteiger partial charge in [-0.3, -0.25) is 0 Å². The molecule has 0 atom stereocenters. The minimum atomic E-state index is -0.279. The highest BCUT2D eigenvalue weighted by atomic mass is 79.9. The van der Waals surface area contributed by atoms with Crippen LogP contribution in [0.5, 0.6) is 0 Å². The van der Waals surface area contributed by atoms with Gasteiger partial charge in [0.05, 0.1) is 15.5 Å². The third-order valence-electron chi connectivity index (χ3n) is 3.94. The zero-order valence-electron chi connectivity index (χ0n) is 11.6. The number of nitrogens with one attached hydrogen (secondary N) is 1. The van der Waals surface area contributed by atoms with Crippen LogP contribution >= 0.6 is 28.1 Å². The Hall–Kier alpha value is -0.680. The summed E-state index contributed by atoms with van der Waals surface area (Å²) in [6, 6.07) is 3.27. The highest BCUT2D eigenvalue weighted by Gasteiger charge is 2.24. The van der Waals surface area contributed by atoms with Gasteiger partial charge in [0.2, 0.25) is 0 Å². The Bertz CT molecular complexity index is 670. The molecular weight excluding hydrogens is 327 g/mol. The van der Waals surface area contributed by atoms with Gasteiger partial charge in [0.1, 0.15) is 5.82 Å². The van der Waals surface area contributed by atoms with Crippen LogP contribution in [0.25, 0.3) is 11.0 Å². The van der Waals surface area contributed by atoms with Gasteiger partial charge in [-0.25, -0.2) is 4.39 Å². The van der Waals surface area contributed by atoms with E-state index in [9.17, 15) is 4.39 Å². The van der Waals surface area contributed by atoms with Crippen molar-refractivity contribution in [2.24, 2.45) is 11.3 Å². The molecule has 1 heterocycles. The fraction of sp³-hybridized carbons (Fsp3) is 0.500. The molecule has 2 rings (SSSR count). The summed E-state index contributed by atoms with van der Waals surface area (Å²) in [5, 5.41) is 0. The summed E-state index contributed by atoms with van der Waals surface area (Å²) >= 11 is 8.60. The Morgan fingerprint density at radius 1 is 1.42 bits per heavy atom. The second-order valence-electron chi connectivity index (χ2n) is 5.94. The summed E-state index contributed by atoms with van der Waals surface area (Å²) in [6.07, 6.45) is 0. The van der Waals surface area contributed by atoms with Gasteiger partial charge in [0.15, 0.2) is 4.77 Å². The number of hydrogen-bond donors (Lipinski definition) is 1. The van der Waals surface area contributed by atoms with Crippen molar-refractivity contribution in [2.75, 3.05) is 0 Å². The van der Waals surface area contributed by atoms with E-state index in [0.717, 1.165) is 17.6 Å². The summed E-state index contributed by atoms with van der Waals surface area (Å²) in [7, 11) is 0. The lowest BCUT2D eigenvalue weighted by Gasteiger charge is -2.29. The molecule has 0 bridgehead atoms. The lowest BCUT2D eigenvalue weighted by Crippen LogP contribution is -2.25. The zero-order valence-corrected chi connectivity index (χ0v) is 14.0. The van der Waals surface area contributed by atoms with Crippen molar-refractivity contribution in [3.8, 4) is 0 Å². The average Bonchev–Trinajstić information content (AvgIpc) is 2.56. The van der Waals surface area contributed by atoms with Crippen molar-refractivity contribution in [2.45, 2.75) is 34.2 Å². The van der Waals surface area contributed by atoms with Crippen LogP contribution in [0, 0.1) is 21.9 Å². The van der Waals surface area contributed by atoms with Crippen LogP contribution in [0.15, 0.2) is 16.6 Å². The molecule has 104 valence electrons. The molecule has 5 heteroatoms. The van der Waals surface area contributed by atoms with E-state index >= 15 is 0 Å². The normalized spacial score (nSPS) is 12.6. The Morgan fingerprint density at radius 3 is 2.63 bits per heavy atom. The van der Waals surface area contributed by atoms with E-state index < -0.39 is 0 Å². The van der Waals surface area contributed by atoms with E-state index in [1.165, 1.54) is 6.07 Å². The second kappa shape index (κ2) is 5.02. The van der Waals surface area contributed by atoms with E-state index in [0.29, 0.717) is 15.2 Å². The van der Waals surface area contributed by atoms with Gasteiger partial charge in [0, 0.05) is 12.6 Å². The third kappa shape index (κ3) is 2.77. The Kier molecular flexibility index (Phi) is 3.89. The fourth-order valence-corrected chi connectivity index (χ4v) is 2.50. The number of aromatic amines is 1. The lowest BCUT2D eigenvalue weighted by molar-refractivity contribution is 0.211. The number of nitrogens with zero attached hydrogens (tertiary/aromatic N) is 1. The Morgan fingerprint density at radius 2 is 2.05 bits per heavy atom. The van der Waals surface area contributed by atoms with Gasteiger partial charge in [0.25, 0.3) is 0 Å². The topological polar surface area (TPSA) is 20.7 Å². The first-order chi connectivity index (χ1) is 8.72. The van der Waals surface area contributed by atoms with Crippen molar-refractivity contribution in [3.05, 3.63) is 27.2 Å². The predicted molar refractivity (Wildman–Crippen MR) is 83.4 cm³/mol. The van der Waals surface area contributed by atoms with Crippen molar-refractivity contribution in [1.29, 1.82) is 0 Å². The SMILES string of the molecule is CC(C)C(C)(C)Cn1c(=S)[nH]c2cc(F)c(Br)cc21. The molecule has 19 heavy (non-hydrogen) atoms. The first kappa shape index (κ1) is 14.7. The molecule has 0 aliphatic heterocycles. The Labute approximate surface area is 126 Å². The van der Waals surface area contributed by atoms with Crippen LogP contribution in [0.3, 0.4) is 0 Å². The van der Waals surface area contributed by atoms with Gasteiger partial charge in [-0.15, -0.1) is 0 Å². The van der Waals surface area contributed by atoms with Crippen LogP contribution in [0.2, 0.25) is 0 Å². The molecule has 2 aromatic rings. The number of imidazole rings is 1. The first-order valence-electron chi connectivity index (χ1n) is 6.30. The Balaban J connectivity index is 2.58. The number of hydrogen-bond acceptors (Lipinski definition) is 1. The molecule has 0 spiro atoms. The van der Waals surface area contributed by atoms with Gasteiger partial charge >= 0.3 is 0 Å². The molecule has 0 unspecified atom stereocenters. The number of H-pyrrole nitrogens is 1. The number of halogens is 2. The van der Waals surface area contributed by atoms with E-state index in [2.05, 4.69) is 53.2 Å². The second-order valence-corrected chi connectivity index (χ2v) is 7.18. The molecule has 1 aromatic carbocycles. The molecule has 0 saturated carbocycles. The zero-order chi connectivity index (χ0) is 14.4. The summed E-state index contributed by atoms with van der Waals surface area (Å²) in [4.78, 5) is 3.07. The van der Waals surface area contributed by atoms with Gasteiger partial charge in [-0.05, 0) is 45.5 Å². The van der Waals surface area contributed by atoms with Crippen LogP contribution < -0.4 is 0 Å². The molecule has 0 aliphatic carbocycles. The van der Waals surface area contributed by atoms with Crippen molar-refractivity contribution >= 4 is 39.2 Å². The first-order valence-corrected chi connectivity index (χ1v) is 7.50. The van der Waals surface area contributed by atoms with Crippen LogP contribution in [0.4, 0.5) is 4.39 Å². The minimum absolute atomic E-state index is 0.119. The maximum Gasteiger partial charge on any atom is 0.178 e. The monoisotopic (exact) mass is 344 g/mol. The quantitative estimate of drug-likeness (QED) is 0.751. The smallest absolute Gasteiger partial charge is 0.178 e. The molecule has 1 aromatic heterocycles. The van der Waals surface area contributed by atoms with Gasteiger partial charge in [-0.2, -0.15) is 0 Å². The van der Waals surface area contributed by atoms with Crippen molar-refractivity contribution < 1.29 is 4.39 Å². The summed E-state index contributed by atoms with van der Waals surface area (Å²) < 4.78 is 16.7. The molecule has 0 radical (unpaired) electrons. The summed E-state index contributed by atoms with van der Waals surface area (Å²) in [5.41, 5.74) is 1.80. The van der Waals surface area contributed by atoms with E-state index in [4.69, 9.17) is 12.2 Å². The molecule has 0 aliphatic rings. The molecule has 2 nitrogen and oxygen atoms in total. The van der Waals surface area contributed by atoms with Gasteiger partial charge < -0.3 is 9.55 Å². The molecule has 0 fully saturated rings. The summed E-state index contributed by atoms with van der Waals surface area (Å²) in [5.74, 6) is 0.252. The molecule has 1 N–H and O–H groups in total. The molecular formula is C14H18BrFN2S. The number of fused-ring (bicyclic) bond motifs is 1. The predicted octanol–water partition coefficient (Wildman–Crippen LogP) is 5.28. The van der Waals surface area contributed by atoms with Gasteiger partial charge in [-0.1, -0.05) is 27.7 Å². The van der Waals surface area contributed by atoms with E-state index in [1.807, 2.05) is 0 Å². The lowest BCUT2D eigenvalue weighted by atomic mass is 9.81. The van der Waals surface area contributed by atoms with E-state index in [-0.39, 0.29) is 11.2 Å². The number of aromatic nitrogens is 2. The van der Waals surface area contributed by atoms with Crippen molar-refractivity contribution in [1.82, 2.24) is 9.55 Å². The van der Waals surface area contributed by atoms with Crippen molar-refractivity contribution in [3.63, 3.8) is 0 Å². The maximum atomic E-state index is 13.5. The van der Waals surface area contributed by atoms with Crippen LogP contribution in [0.1, 0.15) is 27.7 Å². The maximum absolute atomic E-state index is 13.5. The van der Waals surface area contributed by atoms with Crippen LogP contribution in [-0.4, -0.2) is 9.55 Å². The molecule has 0 amide bonds. The third-order valence-corrected chi connectivity index (χ3v) is 4.87. The van der Waals surface area contributed by atoms with Crippen LogP contribution in [-0.2, 0) is 6.54 Å². The number of rotatable bonds is 3. The largest absolute Gasteiger partial charge is 0.330 e. The minimum Gasteiger partial charge on any atom is -0.330 e. The van der Waals surface area contributed by atoms with E-state index in [1.54, 1.807) is 6.07 Å². The average molecular weight is 345 g/mol. The highest BCUT2D eigenvalue weighted by molar-refractivity contribution is 9.10. The molecule has 0 saturated heterocycles. The number of benzene rings is 1. The summed E-state index contributed by atoms with van der Waals surface area (Å²) in [6.45, 7) is 9.65. The highest BCUT2D eigenvalue weighted by Crippen LogP contribution is 2.31. The standard InChI is InChI=1S/C14H18BrFN2S/c1-8(2)14(3,4)7-18-12-5-9(15)10(16)6-11(12)17-13(18)19/h5-6,8H,7H2,1-4H3,(H,17,19). The fourth-order valence-electron chi connectivity index (χ4n) is 1.90.